The number of benzene rings is 2. The Morgan fingerprint density at radius 3 is 2.29 bits per heavy atom. The predicted octanol–water partition coefficient (Wildman–Crippen LogP) is 3.77. The fraction of sp³-hybridized carbons (Fsp3) is 0.105. The van der Waals surface area contributed by atoms with Crippen LogP contribution in [-0.4, -0.2) is 30.3 Å². The van der Waals surface area contributed by atoms with Gasteiger partial charge in [-0.1, -0.05) is 0 Å². The Balaban J connectivity index is 1.70. The fourth-order valence-corrected chi connectivity index (χ4v) is 2.33. The van der Waals surface area contributed by atoms with E-state index in [1.165, 1.54) is 19.2 Å². The molecule has 0 aliphatic heterocycles. The van der Waals surface area contributed by atoms with Gasteiger partial charge in [0.05, 0.1) is 19.9 Å². The van der Waals surface area contributed by atoms with Crippen molar-refractivity contribution in [2.45, 2.75) is 0 Å². The molecule has 1 heterocycles. The summed E-state index contributed by atoms with van der Waals surface area (Å²) in [5, 5.41) is 13.4. The van der Waals surface area contributed by atoms with Crippen LogP contribution in [-0.2, 0) is 0 Å². The van der Waals surface area contributed by atoms with Crippen molar-refractivity contribution in [2.24, 2.45) is 0 Å². The van der Waals surface area contributed by atoms with Gasteiger partial charge in [-0.25, -0.2) is 8.78 Å². The third-order valence-electron chi connectivity index (χ3n) is 3.76. The predicted molar refractivity (Wildman–Crippen MR) is 99.2 cm³/mol. The number of carbonyl (C=O) groups is 1. The zero-order chi connectivity index (χ0) is 20.1. The summed E-state index contributed by atoms with van der Waals surface area (Å²) in [6, 6.07) is 11.2. The summed E-state index contributed by atoms with van der Waals surface area (Å²) in [4.78, 5) is 12.1. The highest BCUT2D eigenvalue weighted by molar-refractivity contribution is 6.03. The van der Waals surface area contributed by atoms with E-state index in [1.807, 2.05) is 0 Å². The third-order valence-corrected chi connectivity index (χ3v) is 3.76. The van der Waals surface area contributed by atoms with Gasteiger partial charge in [0.25, 0.3) is 5.91 Å². The average Bonchev–Trinajstić information content (AvgIpc) is 2.71. The Morgan fingerprint density at radius 1 is 0.893 bits per heavy atom. The Labute approximate surface area is 159 Å². The molecule has 7 nitrogen and oxygen atoms in total. The van der Waals surface area contributed by atoms with E-state index in [-0.39, 0.29) is 11.4 Å². The van der Waals surface area contributed by atoms with Crippen LogP contribution in [0.3, 0.4) is 0 Å². The lowest BCUT2D eigenvalue weighted by Crippen LogP contribution is -2.14. The number of amides is 1. The summed E-state index contributed by atoms with van der Waals surface area (Å²) in [6.45, 7) is 0. The summed E-state index contributed by atoms with van der Waals surface area (Å²) in [5.74, 6) is -1.00. The van der Waals surface area contributed by atoms with E-state index in [1.54, 1.807) is 31.4 Å². The second kappa shape index (κ2) is 8.30. The van der Waals surface area contributed by atoms with Crippen molar-refractivity contribution in [3.8, 4) is 11.5 Å². The largest absolute Gasteiger partial charge is 0.497 e. The van der Waals surface area contributed by atoms with Gasteiger partial charge in [-0.15, -0.1) is 10.2 Å². The maximum Gasteiger partial charge on any atom is 0.256 e. The molecule has 0 bridgehead atoms. The molecule has 0 atom stereocenters. The number of anilines is 3. The Bertz CT molecular complexity index is 997. The van der Waals surface area contributed by atoms with Gasteiger partial charge < -0.3 is 20.1 Å². The van der Waals surface area contributed by atoms with Crippen molar-refractivity contribution in [2.75, 3.05) is 24.9 Å². The first-order valence-corrected chi connectivity index (χ1v) is 8.09. The molecular formula is C19H16F2N4O3. The van der Waals surface area contributed by atoms with E-state index in [4.69, 9.17) is 9.47 Å². The molecule has 0 radical (unpaired) electrons. The lowest BCUT2D eigenvalue weighted by molar-refractivity contribution is 0.102. The van der Waals surface area contributed by atoms with Crippen LogP contribution in [0.25, 0.3) is 0 Å². The minimum absolute atomic E-state index is 0.0362. The highest BCUT2D eigenvalue weighted by atomic mass is 19.2. The lowest BCUT2D eigenvalue weighted by atomic mass is 10.2. The average molecular weight is 386 g/mol. The highest BCUT2D eigenvalue weighted by Gasteiger charge is 2.11. The van der Waals surface area contributed by atoms with E-state index in [0.29, 0.717) is 23.0 Å². The molecule has 2 N–H and O–H groups in total. The minimum atomic E-state index is -1.10. The zero-order valence-corrected chi connectivity index (χ0v) is 15.0. The van der Waals surface area contributed by atoms with Gasteiger partial charge in [0, 0.05) is 11.6 Å². The molecule has 3 aromatic rings. The molecule has 0 aliphatic carbocycles. The molecule has 0 saturated heterocycles. The summed E-state index contributed by atoms with van der Waals surface area (Å²) in [7, 11) is 3.09. The SMILES string of the molecule is COc1ccc(Nc2ccc(NC(=O)c3ccc(F)c(F)c3)nn2)c(OC)c1. The number of hydrogen-bond donors (Lipinski definition) is 2. The lowest BCUT2D eigenvalue weighted by Gasteiger charge is -2.12. The Hall–Kier alpha value is -3.75. The van der Waals surface area contributed by atoms with Crippen molar-refractivity contribution in [1.29, 1.82) is 0 Å². The van der Waals surface area contributed by atoms with Gasteiger partial charge in [-0.3, -0.25) is 4.79 Å². The van der Waals surface area contributed by atoms with Crippen molar-refractivity contribution in [3.63, 3.8) is 0 Å². The van der Waals surface area contributed by atoms with Gasteiger partial charge in [-0.2, -0.15) is 0 Å². The Kier molecular flexibility index (Phi) is 5.64. The van der Waals surface area contributed by atoms with Crippen LogP contribution in [0.1, 0.15) is 10.4 Å². The molecule has 0 unspecified atom stereocenters. The first-order chi connectivity index (χ1) is 13.5. The van der Waals surface area contributed by atoms with Gasteiger partial charge in [0.1, 0.15) is 11.5 Å². The second-order valence-corrected chi connectivity index (χ2v) is 5.58. The van der Waals surface area contributed by atoms with E-state index in [2.05, 4.69) is 20.8 Å². The number of aromatic nitrogens is 2. The van der Waals surface area contributed by atoms with Crippen molar-refractivity contribution < 1.29 is 23.0 Å². The second-order valence-electron chi connectivity index (χ2n) is 5.58. The molecule has 2 aromatic carbocycles. The summed E-state index contributed by atoms with van der Waals surface area (Å²) in [5.41, 5.74) is 0.613. The molecule has 0 saturated carbocycles. The van der Waals surface area contributed by atoms with Gasteiger partial charge in [0.2, 0.25) is 0 Å². The maximum absolute atomic E-state index is 13.2. The molecule has 9 heteroatoms. The number of carbonyl (C=O) groups excluding carboxylic acids is 1. The quantitative estimate of drug-likeness (QED) is 0.671. The molecule has 3 rings (SSSR count). The van der Waals surface area contributed by atoms with Crippen LogP contribution in [0.15, 0.2) is 48.5 Å². The van der Waals surface area contributed by atoms with Crippen molar-refractivity contribution in [3.05, 3.63) is 65.7 Å². The van der Waals surface area contributed by atoms with Crippen LogP contribution < -0.4 is 20.1 Å². The van der Waals surface area contributed by atoms with Crippen LogP contribution >= 0.6 is 0 Å². The molecule has 1 amide bonds. The van der Waals surface area contributed by atoms with Crippen LogP contribution in [0.4, 0.5) is 26.1 Å². The first-order valence-electron chi connectivity index (χ1n) is 8.09. The third kappa shape index (κ3) is 4.32. The number of nitrogens with zero attached hydrogens (tertiary/aromatic N) is 2. The molecule has 0 aliphatic rings. The number of methoxy groups -OCH3 is 2. The van der Waals surface area contributed by atoms with Crippen LogP contribution in [0, 0.1) is 11.6 Å². The summed E-state index contributed by atoms with van der Waals surface area (Å²) >= 11 is 0. The monoisotopic (exact) mass is 386 g/mol. The van der Waals surface area contributed by atoms with E-state index >= 15 is 0 Å². The highest BCUT2D eigenvalue weighted by Crippen LogP contribution is 2.30. The summed E-state index contributed by atoms with van der Waals surface area (Å²) < 4.78 is 36.6. The van der Waals surface area contributed by atoms with Crippen molar-refractivity contribution in [1.82, 2.24) is 10.2 Å². The standard InChI is InChI=1S/C19H16F2N4O3/c1-27-12-4-6-15(16(10-12)28-2)22-17-7-8-18(25-24-17)23-19(26)11-3-5-13(20)14(21)9-11/h3-10H,1-2H3,(H,22,24)(H,23,25,26). The maximum atomic E-state index is 13.2. The number of hydrogen-bond acceptors (Lipinski definition) is 6. The van der Waals surface area contributed by atoms with Gasteiger partial charge in [0.15, 0.2) is 23.3 Å². The van der Waals surface area contributed by atoms with Crippen LogP contribution in [0.2, 0.25) is 0 Å². The van der Waals surface area contributed by atoms with E-state index in [0.717, 1.165) is 12.1 Å². The van der Waals surface area contributed by atoms with Crippen molar-refractivity contribution >= 4 is 23.2 Å². The zero-order valence-electron chi connectivity index (χ0n) is 15.0. The molecule has 28 heavy (non-hydrogen) atoms. The number of ether oxygens (including phenoxy) is 2. The van der Waals surface area contributed by atoms with Gasteiger partial charge >= 0.3 is 0 Å². The molecule has 144 valence electrons. The smallest absolute Gasteiger partial charge is 0.256 e. The Morgan fingerprint density at radius 2 is 1.64 bits per heavy atom. The molecule has 0 fully saturated rings. The molecule has 0 spiro atoms. The van der Waals surface area contributed by atoms with Gasteiger partial charge in [-0.05, 0) is 42.5 Å². The van der Waals surface area contributed by atoms with Crippen LogP contribution in [0.5, 0.6) is 11.5 Å². The van der Waals surface area contributed by atoms with E-state index < -0.39 is 17.5 Å². The number of halogens is 2. The molecule has 1 aromatic heterocycles. The normalized spacial score (nSPS) is 10.3. The fourth-order valence-electron chi connectivity index (χ4n) is 2.33. The molecular weight excluding hydrogens is 370 g/mol. The van der Waals surface area contributed by atoms with E-state index in [9.17, 15) is 13.6 Å². The number of rotatable bonds is 6. The first kappa shape index (κ1) is 19.0. The number of nitrogens with one attached hydrogen (secondary N) is 2. The minimum Gasteiger partial charge on any atom is -0.497 e. The topological polar surface area (TPSA) is 85.4 Å². The summed E-state index contributed by atoms with van der Waals surface area (Å²) in [6.07, 6.45) is 0.